The molecule has 0 aromatic heterocycles. The number of ether oxygens (including phenoxy) is 1. The lowest BCUT2D eigenvalue weighted by Crippen LogP contribution is -2.21. The first-order chi connectivity index (χ1) is 12.7. The molecule has 152 valence electrons. The zero-order chi connectivity index (χ0) is 18.8. The number of aliphatic hydroxyl groups is 1. The molecule has 3 nitrogen and oxygen atoms in total. The molecule has 2 rings (SSSR count). The van der Waals surface area contributed by atoms with Crippen molar-refractivity contribution < 1.29 is 14.6 Å². The van der Waals surface area contributed by atoms with Gasteiger partial charge >= 0.3 is 5.97 Å². The van der Waals surface area contributed by atoms with Crippen molar-refractivity contribution in [2.75, 3.05) is 7.11 Å². The van der Waals surface area contributed by atoms with Crippen molar-refractivity contribution in [3.63, 3.8) is 0 Å². The molecule has 0 radical (unpaired) electrons. The number of carbonyl (C=O) groups excluding carboxylic acids is 1. The first-order valence-corrected chi connectivity index (χ1v) is 11.4. The maximum atomic E-state index is 11.1. The van der Waals surface area contributed by atoms with Crippen molar-refractivity contribution in [1.82, 2.24) is 0 Å². The van der Waals surface area contributed by atoms with Gasteiger partial charge in [0.15, 0.2) is 0 Å². The van der Waals surface area contributed by atoms with E-state index in [2.05, 4.69) is 11.7 Å². The second-order valence-electron chi connectivity index (χ2n) is 8.92. The highest BCUT2D eigenvalue weighted by Gasteiger charge is 2.42. The van der Waals surface area contributed by atoms with E-state index < -0.39 is 0 Å². The molecule has 3 heteroatoms. The highest BCUT2D eigenvalue weighted by atomic mass is 16.5. The zero-order valence-electron chi connectivity index (χ0n) is 17.3. The number of fused-ring (bicyclic) bond motifs is 1. The van der Waals surface area contributed by atoms with Crippen LogP contribution in [-0.2, 0) is 9.53 Å². The van der Waals surface area contributed by atoms with Crippen molar-refractivity contribution in [2.24, 2.45) is 23.7 Å². The summed E-state index contributed by atoms with van der Waals surface area (Å²) in [7, 11) is 1.44. The third-order valence-corrected chi connectivity index (χ3v) is 7.14. The number of carbonyl (C=O) groups is 1. The highest BCUT2D eigenvalue weighted by Crippen LogP contribution is 2.52. The lowest BCUT2D eigenvalue weighted by atomic mass is 9.75. The predicted molar refractivity (Wildman–Crippen MR) is 107 cm³/mol. The maximum Gasteiger partial charge on any atom is 0.305 e. The summed E-state index contributed by atoms with van der Waals surface area (Å²) in [6.07, 6.45) is 17.8. The highest BCUT2D eigenvalue weighted by molar-refractivity contribution is 5.68. The Morgan fingerprint density at radius 3 is 2.65 bits per heavy atom. The summed E-state index contributed by atoms with van der Waals surface area (Å²) in [5.74, 6) is 3.62. The fraction of sp³-hybridized carbons (Fsp3) is 0.957. The van der Waals surface area contributed by atoms with E-state index in [9.17, 15) is 9.90 Å². The lowest BCUT2D eigenvalue weighted by Gasteiger charge is -2.30. The minimum absolute atomic E-state index is 0.136. The first-order valence-electron chi connectivity index (χ1n) is 11.4. The smallest absolute Gasteiger partial charge is 0.305 e. The molecule has 0 bridgehead atoms. The Labute approximate surface area is 161 Å². The van der Waals surface area contributed by atoms with Gasteiger partial charge in [0.1, 0.15) is 0 Å². The van der Waals surface area contributed by atoms with E-state index in [1.54, 1.807) is 0 Å². The van der Waals surface area contributed by atoms with Gasteiger partial charge in [0.05, 0.1) is 13.2 Å². The summed E-state index contributed by atoms with van der Waals surface area (Å²) in [4.78, 5) is 11.1. The van der Waals surface area contributed by atoms with Crippen molar-refractivity contribution >= 4 is 5.97 Å². The third kappa shape index (κ3) is 6.87. The normalized spacial score (nSPS) is 29.3. The Morgan fingerprint density at radius 2 is 1.88 bits per heavy atom. The number of hydrogen-bond donors (Lipinski definition) is 1. The number of unbranched alkanes of at least 4 members (excludes halogenated alkanes) is 3. The van der Waals surface area contributed by atoms with Crippen LogP contribution in [-0.4, -0.2) is 24.3 Å². The molecule has 3 unspecified atom stereocenters. The number of methoxy groups -OCH3 is 1. The topological polar surface area (TPSA) is 46.5 Å². The third-order valence-electron chi connectivity index (χ3n) is 7.14. The Hall–Kier alpha value is -0.570. The van der Waals surface area contributed by atoms with Crippen LogP contribution in [0.25, 0.3) is 0 Å². The average Bonchev–Trinajstić information content (AvgIpc) is 3.01. The van der Waals surface area contributed by atoms with Gasteiger partial charge in [0.2, 0.25) is 0 Å². The maximum absolute atomic E-state index is 11.1. The van der Waals surface area contributed by atoms with Crippen LogP contribution >= 0.6 is 0 Å². The SMILES string of the molecule is CCCCC[C@H]1C2CCCCC2C[C@H]1CCC(O)CCCCC(=O)OC. The molecule has 0 aromatic rings. The van der Waals surface area contributed by atoms with Crippen molar-refractivity contribution in [1.29, 1.82) is 0 Å². The van der Waals surface area contributed by atoms with E-state index in [0.29, 0.717) is 6.42 Å². The van der Waals surface area contributed by atoms with Crippen LogP contribution in [0.15, 0.2) is 0 Å². The van der Waals surface area contributed by atoms with Gasteiger partial charge in [-0.05, 0) is 68.6 Å². The summed E-state index contributed by atoms with van der Waals surface area (Å²) in [5.41, 5.74) is 0. The van der Waals surface area contributed by atoms with Crippen molar-refractivity contribution in [3.8, 4) is 0 Å². The van der Waals surface area contributed by atoms with E-state index in [4.69, 9.17) is 0 Å². The van der Waals surface area contributed by atoms with E-state index in [-0.39, 0.29) is 12.1 Å². The number of hydrogen-bond acceptors (Lipinski definition) is 3. The minimum atomic E-state index is -0.188. The fourth-order valence-electron chi connectivity index (χ4n) is 5.72. The molecule has 0 aliphatic heterocycles. The Kier molecular flexibility index (Phi) is 10.0. The summed E-state index contributed by atoms with van der Waals surface area (Å²) in [5, 5.41) is 10.4. The summed E-state index contributed by atoms with van der Waals surface area (Å²) in [6, 6.07) is 0. The predicted octanol–water partition coefficient (Wildman–Crippen LogP) is 5.88. The summed E-state index contributed by atoms with van der Waals surface area (Å²) < 4.78 is 4.67. The number of aliphatic hydroxyl groups excluding tert-OH is 1. The van der Waals surface area contributed by atoms with Crippen LogP contribution in [0, 0.1) is 23.7 Å². The molecular weight excluding hydrogens is 324 g/mol. The minimum Gasteiger partial charge on any atom is -0.469 e. The standard InChI is InChI=1S/C23H42O3/c1-3-4-5-12-22-19(17-18-10-6-8-13-21(18)22)15-16-20(24)11-7-9-14-23(25)26-2/h18-22,24H,3-17H2,1-2H3/t18?,19-,20?,21?,22-/m1/s1. The van der Waals surface area contributed by atoms with E-state index in [1.165, 1.54) is 71.3 Å². The van der Waals surface area contributed by atoms with Crippen molar-refractivity contribution in [3.05, 3.63) is 0 Å². The molecule has 1 N–H and O–H groups in total. The van der Waals surface area contributed by atoms with Gasteiger partial charge in [-0.1, -0.05) is 51.9 Å². The first kappa shape index (κ1) is 21.7. The molecule has 0 spiro atoms. The van der Waals surface area contributed by atoms with Crippen LogP contribution in [0.3, 0.4) is 0 Å². The van der Waals surface area contributed by atoms with Crippen LogP contribution in [0.1, 0.15) is 103 Å². The quantitative estimate of drug-likeness (QED) is 0.346. The molecule has 2 aliphatic rings. The van der Waals surface area contributed by atoms with Crippen LogP contribution in [0.2, 0.25) is 0 Å². The Morgan fingerprint density at radius 1 is 1.08 bits per heavy atom. The van der Waals surface area contributed by atoms with E-state index in [1.807, 2.05) is 0 Å². The molecule has 2 aliphatic carbocycles. The van der Waals surface area contributed by atoms with Gasteiger partial charge in [-0.3, -0.25) is 4.79 Å². The second kappa shape index (κ2) is 12.0. The Bertz CT molecular complexity index is 395. The van der Waals surface area contributed by atoms with Gasteiger partial charge in [0.25, 0.3) is 0 Å². The zero-order valence-corrected chi connectivity index (χ0v) is 17.3. The van der Waals surface area contributed by atoms with Gasteiger partial charge in [0, 0.05) is 6.42 Å². The molecule has 0 saturated heterocycles. The second-order valence-corrected chi connectivity index (χ2v) is 8.92. The number of esters is 1. The molecule has 26 heavy (non-hydrogen) atoms. The molecule has 2 fully saturated rings. The molecule has 0 amide bonds. The molecule has 2 saturated carbocycles. The van der Waals surface area contributed by atoms with E-state index in [0.717, 1.165) is 49.4 Å². The summed E-state index contributed by atoms with van der Waals surface area (Å²) in [6.45, 7) is 2.30. The van der Waals surface area contributed by atoms with Crippen LogP contribution in [0.5, 0.6) is 0 Å². The van der Waals surface area contributed by atoms with Gasteiger partial charge in [-0.25, -0.2) is 0 Å². The molecule has 5 atom stereocenters. The van der Waals surface area contributed by atoms with Gasteiger partial charge < -0.3 is 9.84 Å². The number of rotatable bonds is 12. The molecule has 0 heterocycles. The largest absolute Gasteiger partial charge is 0.469 e. The molecular formula is C23H42O3. The molecule has 0 aromatic carbocycles. The summed E-state index contributed by atoms with van der Waals surface area (Å²) >= 11 is 0. The monoisotopic (exact) mass is 366 g/mol. The Balaban J connectivity index is 1.72. The van der Waals surface area contributed by atoms with Crippen molar-refractivity contribution in [2.45, 2.75) is 109 Å². The fourth-order valence-corrected chi connectivity index (χ4v) is 5.72. The van der Waals surface area contributed by atoms with Gasteiger partial charge in [-0.15, -0.1) is 0 Å². The van der Waals surface area contributed by atoms with Gasteiger partial charge in [-0.2, -0.15) is 0 Å². The van der Waals surface area contributed by atoms with Crippen LogP contribution < -0.4 is 0 Å². The van der Waals surface area contributed by atoms with Crippen LogP contribution in [0.4, 0.5) is 0 Å². The average molecular weight is 367 g/mol. The van der Waals surface area contributed by atoms with E-state index >= 15 is 0 Å². The lowest BCUT2D eigenvalue weighted by molar-refractivity contribution is -0.140.